The van der Waals surface area contributed by atoms with Crippen molar-refractivity contribution in [2.24, 2.45) is 0 Å². The molecule has 1 unspecified atom stereocenters. The number of piperidine rings is 1. The highest BCUT2D eigenvalue weighted by Gasteiger charge is 2.14. The Hall–Kier alpha value is -1.06. The van der Waals surface area contributed by atoms with E-state index < -0.39 is 0 Å². The quantitative estimate of drug-likeness (QED) is 0.598. The Morgan fingerprint density at radius 3 is 2.14 bits per heavy atom. The largest absolute Gasteiger partial charge is 0.356 e. The Labute approximate surface area is 84.4 Å². The van der Waals surface area contributed by atoms with Gasteiger partial charge < -0.3 is 10.6 Å². The van der Waals surface area contributed by atoms with E-state index in [4.69, 9.17) is 0 Å². The summed E-state index contributed by atoms with van der Waals surface area (Å²) in [5.74, 6) is 0.416. The van der Waals surface area contributed by atoms with Gasteiger partial charge in [-0.15, -0.1) is 0 Å². The molecule has 0 spiro atoms. The van der Waals surface area contributed by atoms with Gasteiger partial charge in [-0.25, -0.2) is 0 Å². The monoisotopic (exact) mass is 198 g/mol. The number of rotatable bonds is 0. The topological polar surface area (TPSA) is 58.2 Å². The minimum atomic E-state index is 0.201. The summed E-state index contributed by atoms with van der Waals surface area (Å²) >= 11 is 0. The molecule has 1 atom stereocenters. The predicted octanol–water partition coefficient (Wildman–Crippen LogP) is 0.571. The Morgan fingerprint density at radius 1 is 1.14 bits per heavy atom. The van der Waals surface area contributed by atoms with Crippen molar-refractivity contribution < 1.29 is 9.59 Å². The van der Waals surface area contributed by atoms with Gasteiger partial charge in [0.1, 0.15) is 0 Å². The molecule has 2 amide bonds. The van der Waals surface area contributed by atoms with Gasteiger partial charge in [0.25, 0.3) is 0 Å². The van der Waals surface area contributed by atoms with E-state index in [9.17, 15) is 9.59 Å². The van der Waals surface area contributed by atoms with Crippen LogP contribution in [-0.2, 0) is 9.59 Å². The van der Waals surface area contributed by atoms with Crippen LogP contribution in [0.5, 0.6) is 0 Å². The van der Waals surface area contributed by atoms with Crippen molar-refractivity contribution in [2.45, 2.75) is 45.1 Å². The molecule has 0 aromatic heterocycles. The maximum absolute atomic E-state index is 10.4. The molecule has 2 heterocycles. The van der Waals surface area contributed by atoms with Crippen LogP contribution in [-0.4, -0.2) is 24.4 Å². The third-order valence-electron chi connectivity index (χ3n) is 2.36. The van der Waals surface area contributed by atoms with Crippen LogP contribution < -0.4 is 10.6 Å². The lowest BCUT2D eigenvalue weighted by Gasteiger charge is -2.08. The summed E-state index contributed by atoms with van der Waals surface area (Å²) in [5, 5.41) is 5.52. The first-order chi connectivity index (χ1) is 6.68. The first kappa shape index (κ1) is 11.0. The molecule has 0 saturated carbocycles. The van der Waals surface area contributed by atoms with Gasteiger partial charge in [0.05, 0.1) is 0 Å². The van der Waals surface area contributed by atoms with Gasteiger partial charge >= 0.3 is 0 Å². The van der Waals surface area contributed by atoms with E-state index in [0.717, 1.165) is 38.6 Å². The Morgan fingerprint density at radius 2 is 1.93 bits per heavy atom. The smallest absolute Gasteiger partial charge is 0.220 e. The van der Waals surface area contributed by atoms with Crippen molar-refractivity contribution in [3.8, 4) is 0 Å². The normalized spacial score (nSPS) is 25.9. The summed E-state index contributed by atoms with van der Waals surface area (Å²) in [6.07, 6.45) is 4.71. The summed E-state index contributed by atoms with van der Waals surface area (Å²) in [6, 6.07) is 0.424. The summed E-state index contributed by atoms with van der Waals surface area (Å²) in [7, 11) is 0. The first-order valence-corrected chi connectivity index (χ1v) is 5.24. The van der Waals surface area contributed by atoms with Crippen LogP contribution in [0.3, 0.4) is 0 Å². The average Bonchev–Trinajstić information content (AvgIpc) is 2.52. The molecule has 4 heteroatoms. The highest BCUT2D eigenvalue weighted by atomic mass is 16.2. The zero-order valence-electron chi connectivity index (χ0n) is 8.64. The van der Waals surface area contributed by atoms with Gasteiger partial charge in [0.2, 0.25) is 11.8 Å². The van der Waals surface area contributed by atoms with Crippen molar-refractivity contribution in [2.75, 3.05) is 6.54 Å². The number of nitrogens with one attached hydrogen (secondary N) is 2. The van der Waals surface area contributed by atoms with Crippen molar-refractivity contribution in [3.63, 3.8) is 0 Å². The molecule has 2 fully saturated rings. The minimum Gasteiger partial charge on any atom is -0.356 e. The fourth-order valence-corrected chi connectivity index (χ4v) is 1.49. The standard InChI is InChI=1S/2C5H9NO/c1-4-2-3-5(7)6-4;7-5-3-1-2-4-6-5/h4H,2-3H2,1H3,(H,6,7);1-4H2,(H,6,7). The van der Waals surface area contributed by atoms with E-state index in [1.807, 2.05) is 6.92 Å². The summed E-state index contributed by atoms with van der Waals surface area (Å²) in [5.41, 5.74) is 0. The molecule has 0 aliphatic carbocycles. The van der Waals surface area contributed by atoms with Crippen LogP contribution in [0.4, 0.5) is 0 Å². The number of amides is 2. The number of carbonyl (C=O) groups is 2. The second-order valence-corrected chi connectivity index (χ2v) is 3.81. The molecule has 0 radical (unpaired) electrons. The number of carbonyl (C=O) groups excluding carboxylic acids is 2. The molecule has 0 aromatic carbocycles. The number of hydrogen-bond donors (Lipinski definition) is 2. The highest BCUT2D eigenvalue weighted by molar-refractivity contribution is 5.78. The van der Waals surface area contributed by atoms with E-state index >= 15 is 0 Å². The first-order valence-electron chi connectivity index (χ1n) is 5.24. The zero-order chi connectivity index (χ0) is 10.4. The van der Waals surface area contributed by atoms with E-state index in [0.29, 0.717) is 6.04 Å². The molecule has 2 aliphatic heterocycles. The van der Waals surface area contributed by atoms with Crippen LogP contribution in [0.1, 0.15) is 39.0 Å². The SMILES string of the molecule is CC1CCC(=O)N1.O=C1CCCCN1. The second kappa shape index (κ2) is 5.62. The molecule has 4 nitrogen and oxygen atoms in total. The predicted molar refractivity (Wildman–Crippen MR) is 53.7 cm³/mol. The molecule has 2 rings (SSSR count). The summed E-state index contributed by atoms with van der Waals surface area (Å²) in [6.45, 7) is 2.91. The van der Waals surface area contributed by atoms with Crippen molar-refractivity contribution >= 4 is 11.8 Å². The van der Waals surface area contributed by atoms with Crippen molar-refractivity contribution in [1.82, 2.24) is 10.6 Å². The average molecular weight is 198 g/mol. The van der Waals surface area contributed by atoms with Gasteiger partial charge in [-0.2, -0.15) is 0 Å². The van der Waals surface area contributed by atoms with Crippen LogP contribution in [0.2, 0.25) is 0 Å². The lowest BCUT2D eigenvalue weighted by Crippen LogP contribution is -2.28. The maximum atomic E-state index is 10.4. The molecule has 2 aliphatic rings. The Balaban J connectivity index is 0.000000140. The Bertz CT molecular complexity index is 201. The summed E-state index contributed by atoms with van der Waals surface area (Å²) < 4.78 is 0. The van der Waals surface area contributed by atoms with E-state index in [1.165, 1.54) is 0 Å². The van der Waals surface area contributed by atoms with Gasteiger partial charge in [0, 0.05) is 25.4 Å². The lowest BCUT2D eigenvalue weighted by atomic mass is 10.2. The van der Waals surface area contributed by atoms with E-state index in [2.05, 4.69) is 10.6 Å². The van der Waals surface area contributed by atoms with Gasteiger partial charge in [0.15, 0.2) is 0 Å². The van der Waals surface area contributed by atoms with Crippen LogP contribution >= 0.6 is 0 Å². The van der Waals surface area contributed by atoms with Crippen molar-refractivity contribution in [1.29, 1.82) is 0 Å². The summed E-state index contributed by atoms with van der Waals surface area (Å²) in [4.78, 5) is 20.7. The minimum absolute atomic E-state index is 0.201. The van der Waals surface area contributed by atoms with Crippen molar-refractivity contribution in [3.05, 3.63) is 0 Å². The fourth-order valence-electron chi connectivity index (χ4n) is 1.49. The molecular formula is C10H18N2O2. The third-order valence-corrected chi connectivity index (χ3v) is 2.36. The third kappa shape index (κ3) is 4.25. The molecule has 0 bridgehead atoms. The molecular weight excluding hydrogens is 180 g/mol. The van der Waals surface area contributed by atoms with Gasteiger partial charge in [-0.3, -0.25) is 9.59 Å². The lowest BCUT2D eigenvalue weighted by molar-refractivity contribution is -0.122. The van der Waals surface area contributed by atoms with E-state index in [-0.39, 0.29) is 11.8 Å². The highest BCUT2D eigenvalue weighted by Crippen LogP contribution is 2.03. The van der Waals surface area contributed by atoms with E-state index in [1.54, 1.807) is 0 Å². The fraction of sp³-hybridized carbons (Fsp3) is 0.800. The van der Waals surface area contributed by atoms with Gasteiger partial charge in [-0.05, 0) is 26.2 Å². The van der Waals surface area contributed by atoms with Gasteiger partial charge in [-0.1, -0.05) is 0 Å². The van der Waals surface area contributed by atoms with Crippen LogP contribution in [0, 0.1) is 0 Å². The van der Waals surface area contributed by atoms with Crippen LogP contribution in [0.15, 0.2) is 0 Å². The second-order valence-electron chi connectivity index (χ2n) is 3.81. The zero-order valence-corrected chi connectivity index (χ0v) is 8.64. The molecule has 2 N–H and O–H groups in total. The molecule has 2 saturated heterocycles. The maximum Gasteiger partial charge on any atom is 0.220 e. The molecule has 80 valence electrons. The molecule has 14 heavy (non-hydrogen) atoms. The molecule has 0 aromatic rings. The van der Waals surface area contributed by atoms with Crippen LogP contribution in [0.25, 0.3) is 0 Å². The number of hydrogen-bond acceptors (Lipinski definition) is 2. The Kier molecular flexibility index (Phi) is 4.43.